The van der Waals surface area contributed by atoms with E-state index in [-0.39, 0.29) is 84.0 Å². The van der Waals surface area contributed by atoms with Crippen LogP contribution in [0.25, 0.3) is 0 Å². The smallest absolute Gasteiger partial charge is 0 e. The molecule has 4 heteroatoms. The van der Waals surface area contributed by atoms with Crippen molar-refractivity contribution >= 4 is 50.1 Å². The first-order valence-corrected chi connectivity index (χ1v) is 0. The van der Waals surface area contributed by atoms with Crippen LogP contribution >= 0.6 is 0 Å². The van der Waals surface area contributed by atoms with Crippen molar-refractivity contribution in [2.75, 3.05) is 0 Å². The maximum absolute atomic E-state index is 0. The molecule has 0 aromatic carbocycles. The zero-order valence-electron chi connectivity index (χ0n) is 1.63. The van der Waals surface area contributed by atoms with E-state index in [4.69, 9.17) is 0 Å². The van der Waals surface area contributed by atoms with Gasteiger partial charge in [-0.2, -0.15) is 0 Å². The fourth-order valence-electron chi connectivity index (χ4n) is 0. The van der Waals surface area contributed by atoms with Gasteiger partial charge in [-0.1, -0.05) is 0 Å². The van der Waals surface area contributed by atoms with E-state index in [1.54, 1.807) is 0 Å². The molecule has 0 nitrogen and oxygen atoms in total. The molecular weight excluding hydrogens is 442 g/mol. The maximum Gasteiger partial charge on any atom is 0 e. The van der Waals surface area contributed by atoms with Gasteiger partial charge in [0, 0.05) is 84.0 Å². The van der Waals surface area contributed by atoms with Crippen LogP contribution in [-0.4, -0.2) is 50.1 Å². The van der Waals surface area contributed by atoms with E-state index in [0.29, 0.717) is 0 Å². The molecule has 0 amide bonds. The Kier molecular flexibility index (Phi) is 129. The fraction of sp³-hybridized carbons (Fsp3) is 0. The summed E-state index contributed by atoms with van der Waals surface area (Å²) in [4.78, 5) is 0. The van der Waals surface area contributed by atoms with E-state index in [1.165, 1.54) is 0 Å². The zero-order valence-corrected chi connectivity index (χ0v) is 10.1. The molecule has 0 aromatic rings. The molecule has 0 heterocycles. The first kappa shape index (κ1) is 29.8. The molecule has 0 aliphatic heterocycles. The quantitative estimate of drug-likeness (QED) is 0.433. The van der Waals surface area contributed by atoms with Crippen LogP contribution in [0.1, 0.15) is 0 Å². The molecule has 0 spiro atoms. The van der Waals surface area contributed by atoms with Crippen LogP contribution in [-0.2, 0) is 33.8 Å². The standard InChI is InChI=1S/Bi.Co.Fe.Sn. The molecule has 0 rings (SSSR count). The minimum absolute atomic E-state index is 0. The summed E-state index contributed by atoms with van der Waals surface area (Å²) in [5.41, 5.74) is 0. The largest absolute Gasteiger partial charge is 0 e. The van der Waals surface area contributed by atoms with Gasteiger partial charge in [0.2, 0.25) is 0 Å². The molecule has 26 valence electrons. The van der Waals surface area contributed by atoms with Gasteiger partial charge in [0.15, 0.2) is 0 Å². The predicted molar refractivity (Wildman–Crippen MR) is 11.5 cm³/mol. The molecule has 8 radical (unpaired) electrons. The molecule has 0 fully saturated rings. The summed E-state index contributed by atoms with van der Waals surface area (Å²) in [5.74, 6) is 0. The van der Waals surface area contributed by atoms with Gasteiger partial charge in [0.05, 0.1) is 0 Å². The second-order valence-corrected chi connectivity index (χ2v) is 0. The van der Waals surface area contributed by atoms with Crippen molar-refractivity contribution in [3.05, 3.63) is 0 Å². The van der Waals surface area contributed by atoms with Crippen molar-refractivity contribution < 1.29 is 33.8 Å². The van der Waals surface area contributed by atoms with Gasteiger partial charge in [-0.3, -0.25) is 0 Å². The van der Waals surface area contributed by atoms with Gasteiger partial charge in [0.25, 0.3) is 0 Å². The van der Waals surface area contributed by atoms with E-state index in [9.17, 15) is 0 Å². The van der Waals surface area contributed by atoms with Crippen molar-refractivity contribution in [1.82, 2.24) is 0 Å². The number of rotatable bonds is 0. The third kappa shape index (κ3) is 8.83. The Balaban J connectivity index is 0. The monoisotopic (exact) mass is 444 g/mol. The first-order valence-electron chi connectivity index (χ1n) is 0. The topological polar surface area (TPSA) is 0 Å². The predicted octanol–water partition coefficient (Wildman–Crippen LogP) is -0.767. The van der Waals surface area contributed by atoms with E-state index in [0.717, 1.165) is 0 Å². The van der Waals surface area contributed by atoms with Gasteiger partial charge < -0.3 is 0 Å². The van der Waals surface area contributed by atoms with Crippen LogP contribution in [0.3, 0.4) is 0 Å². The van der Waals surface area contributed by atoms with Crippen molar-refractivity contribution in [2.45, 2.75) is 0 Å². The molecule has 0 unspecified atom stereocenters. The Morgan fingerprint density at radius 3 is 1.00 bits per heavy atom. The summed E-state index contributed by atoms with van der Waals surface area (Å²) in [6.07, 6.45) is 0. The molecule has 0 aliphatic carbocycles. The van der Waals surface area contributed by atoms with Crippen molar-refractivity contribution in [3.63, 3.8) is 0 Å². The van der Waals surface area contributed by atoms with E-state index < -0.39 is 0 Å². The Bertz CT molecular complexity index is 8.00. The van der Waals surface area contributed by atoms with E-state index >= 15 is 0 Å². The third-order valence-corrected chi connectivity index (χ3v) is 0. The molecule has 0 aromatic heterocycles. The Morgan fingerprint density at radius 2 is 1.00 bits per heavy atom. The maximum atomic E-state index is 0. The van der Waals surface area contributed by atoms with Gasteiger partial charge in [-0.05, 0) is 0 Å². The fourth-order valence-corrected chi connectivity index (χ4v) is 0. The first-order chi connectivity index (χ1) is 0. The average molecular weight is 442 g/mol. The molecule has 4 heavy (non-hydrogen) atoms. The molecule has 0 N–H and O–H groups in total. The molecular formula is BiCoFeSn. The van der Waals surface area contributed by atoms with Crippen LogP contribution in [0.2, 0.25) is 0 Å². The van der Waals surface area contributed by atoms with Gasteiger partial charge in [-0.15, -0.1) is 0 Å². The summed E-state index contributed by atoms with van der Waals surface area (Å²) in [5, 5.41) is 0. The molecule has 0 atom stereocenters. The van der Waals surface area contributed by atoms with Crippen LogP contribution in [0.5, 0.6) is 0 Å². The summed E-state index contributed by atoms with van der Waals surface area (Å²) in [6, 6.07) is 0. The summed E-state index contributed by atoms with van der Waals surface area (Å²) in [7, 11) is 0. The number of hydrogen-bond acceptors (Lipinski definition) is 0. The van der Waals surface area contributed by atoms with Crippen LogP contribution in [0.15, 0.2) is 0 Å². The Morgan fingerprint density at radius 1 is 1.00 bits per heavy atom. The summed E-state index contributed by atoms with van der Waals surface area (Å²) < 4.78 is 0. The minimum atomic E-state index is 0. The Labute approximate surface area is 82.6 Å². The SMILES string of the molecule is [Bi].[Co].[Fe].[Sn]. The Hall–Kier alpha value is 2.71. The summed E-state index contributed by atoms with van der Waals surface area (Å²) in [6.45, 7) is 0. The third-order valence-electron chi connectivity index (χ3n) is 0. The van der Waals surface area contributed by atoms with Crippen LogP contribution in [0, 0.1) is 0 Å². The van der Waals surface area contributed by atoms with Crippen molar-refractivity contribution in [1.29, 1.82) is 0 Å². The minimum Gasteiger partial charge on any atom is 0 e. The normalized spacial score (nSPS) is 0. The second-order valence-electron chi connectivity index (χ2n) is 0. The van der Waals surface area contributed by atoms with Gasteiger partial charge in [-0.25, -0.2) is 0 Å². The molecule has 0 saturated heterocycles. The van der Waals surface area contributed by atoms with Gasteiger partial charge in [0.1, 0.15) is 0 Å². The van der Waals surface area contributed by atoms with Crippen LogP contribution in [0.4, 0.5) is 0 Å². The van der Waals surface area contributed by atoms with E-state index in [1.807, 2.05) is 0 Å². The summed E-state index contributed by atoms with van der Waals surface area (Å²) >= 11 is 0. The van der Waals surface area contributed by atoms with Crippen molar-refractivity contribution in [3.8, 4) is 0 Å². The van der Waals surface area contributed by atoms with Crippen molar-refractivity contribution in [2.24, 2.45) is 0 Å². The zero-order chi connectivity index (χ0) is 0. The van der Waals surface area contributed by atoms with Crippen LogP contribution < -0.4 is 0 Å². The van der Waals surface area contributed by atoms with Gasteiger partial charge >= 0.3 is 0 Å². The molecule has 0 bridgehead atoms. The second kappa shape index (κ2) is 17.3. The average Bonchev–Trinajstić information content (AvgIpc) is 0. The molecule has 0 aliphatic rings. The number of hydrogen-bond donors (Lipinski definition) is 0. The molecule has 0 saturated carbocycles. The van der Waals surface area contributed by atoms with E-state index in [2.05, 4.69) is 0 Å².